The Morgan fingerprint density at radius 2 is 2.62 bits per heavy atom. The summed E-state index contributed by atoms with van der Waals surface area (Å²) in [6.07, 6.45) is 1.99. The Labute approximate surface area is 80.5 Å². The first-order valence-electron chi connectivity index (χ1n) is 3.82. The van der Waals surface area contributed by atoms with E-state index in [9.17, 15) is 4.79 Å². The molecule has 0 aromatic carbocycles. The Morgan fingerprint density at radius 3 is 3.15 bits per heavy atom. The highest BCUT2D eigenvalue weighted by atomic mass is 32.2. The van der Waals surface area contributed by atoms with Crippen LogP contribution in [0.2, 0.25) is 0 Å². The maximum Gasteiger partial charge on any atom is 0.269 e. The molecule has 0 aliphatic carbocycles. The molecule has 1 aromatic rings. The van der Waals surface area contributed by atoms with Crippen LogP contribution in [0.1, 0.15) is 10.5 Å². The average Bonchev–Trinajstić information content (AvgIpc) is 2.52. The summed E-state index contributed by atoms with van der Waals surface area (Å²) in [4.78, 5) is 11.3. The van der Waals surface area contributed by atoms with Crippen LogP contribution < -0.4 is 11.1 Å². The van der Waals surface area contributed by atoms with Crippen LogP contribution in [0.3, 0.4) is 0 Å². The van der Waals surface area contributed by atoms with E-state index >= 15 is 0 Å². The lowest BCUT2D eigenvalue weighted by atomic mass is 10.4. The number of thioether (sulfide) groups is 1. The van der Waals surface area contributed by atoms with Crippen molar-refractivity contribution in [3.05, 3.63) is 11.8 Å². The molecule has 0 fully saturated rings. The van der Waals surface area contributed by atoms with Gasteiger partial charge in [-0.25, -0.2) is 0 Å². The zero-order valence-corrected chi connectivity index (χ0v) is 8.15. The van der Waals surface area contributed by atoms with Crippen LogP contribution in [0.5, 0.6) is 0 Å². The van der Waals surface area contributed by atoms with Gasteiger partial charge in [-0.1, -0.05) is 0 Å². The van der Waals surface area contributed by atoms with Crippen molar-refractivity contribution in [2.45, 2.75) is 0 Å². The molecule has 6 heteroatoms. The van der Waals surface area contributed by atoms with Gasteiger partial charge in [0.2, 0.25) is 0 Å². The van der Waals surface area contributed by atoms with Crippen molar-refractivity contribution in [2.75, 3.05) is 24.3 Å². The van der Waals surface area contributed by atoms with Crippen molar-refractivity contribution < 1.29 is 4.79 Å². The summed E-state index contributed by atoms with van der Waals surface area (Å²) in [7, 11) is 0. The number of H-pyrrole nitrogens is 1. The van der Waals surface area contributed by atoms with Gasteiger partial charge in [-0.05, 0) is 6.26 Å². The molecule has 0 spiro atoms. The minimum atomic E-state index is -0.168. The number of hydrogen-bond acceptors (Lipinski definition) is 4. The maximum atomic E-state index is 11.3. The van der Waals surface area contributed by atoms with Crippen molar-refractivity contribution in [2.24, 2.45) is 0 Å². The Kier molecular flexibility index (Phi) is 3.63. The number of anilines is 1. The van der Waals surface area contributed by atoms with Gasteiger partial charge in [-0.2, -0.15) is 16.9 Å². The van der Waals surface area contributed by atoms with E-state index in [4.69, 9.17) is 5.73 Å². The third-order valence-electron chi connectivity index (χ3n) is 1.43. The molecular formula is C7H12N4OS. The van der Waals surface area contributed by atoms with Crippen LogP contribution in [-0.4, -0.2) is 34.7 Å². The largest absolute Gasteiger partial charge is 0.382 e. The monoisotopic (exact) mass is 200 g/mol. The molecule has 0 saturated carbocycles. The van der Waals surface area contributed by atoms with Gasteiger partial charge in [0.1, 0.15) is 11.5 Å². The molecule has 0 aliphatic heterocycles. The third kappa shape index (κ3) is 2.98. The fraction of sp³-hybridized carbons (Fsp3) is 0.429. The lowest BCUT2D eigenvalue weighted by Crippen LogP contribution is -2.25. The quantitative estimate of drug-likeness (QED) is 0.601. The second-order valence-corrected chi connectivity index (χ2v) is 3.44. The fourth-order valence-corrected chi connectivity index (χ4v) is 1.12. The Bertz CT molecular complexity index is 286. The van der Waals surface area contributed by atoms with Gasteiger partial charge < -0.3 is 11.1 Å². The van der Waals surface area contributed by atoms with Crippen molar-refractivity contribution in [3.63, 3.8) is 0 Å². The van der Waals surface area contributed by atoms with E-state index in [0.29, 0.717) is 18.1 Å². The summed E-state index contributed by atoms with van der Waals surface area (Å²) in [5.41, 5.74) is 5.75. The van der Waals surface area contributed by atoms with Gasteiger partial charge in [0.25, 0.3) is 5.91 Å². The SMILES string of the molecule is CSCCNC(=O)c1cc(N)n[nH]1. The molecule has 0 atom stereocenters. The summed E-state index contributed by atoms with van der Waals surface area (Å²) in [5, 5.41) is 8.92. The molecule has 1 amide bonds. The number of carbonyl (C=O) groups is 1. The van der Waals surface area contributed by atoms with Gasteiger partial charge >= 0.3 is 0 Å². The number of nitrogens with two attached hydrogens (primary N) is 1. The number of rotatable bonds is 4. The van der Waals surface area contributed by atoms with Gasteiger partial charge in [0, 0.05) is 18.4 Å². The standard InChI is InChI=1S/C7H12N4OS/c1-13-3-2-9-7(12)5-4-6(8)11-10-5/h4H,2-3H2,1H3,(H,9,12)(H3,8,10,11). The molecule has 0 unspecified atom stereocenters. The first kappa shape index (κ1) is 9.91. The highest BCUT2D eigenvalue weighted by molar-refractivity contribution is 7.98. The van der Waals surface area contributed by atoms with E-state index in [0.717, 1.165) is 5.75 Å². The predicted octanol–water partition coefficient (Wildman–Crippen LogP) is 0.0847. The first-order valence-corrected chi connectivity index (χ1v) is 5.21. The molecule has 1 aromatic heterocycles. The molecule has 1 rings (SSSR count). The van der Waals surface area contributed by atoms with E-state index in [1.54, 1.807) is 11.8 Å². The number of amides is 1. The third-order valence-corrected chi connectivity index (χ3v) is 2.05. The van der Waals surface area contributed by atoms with E-state index in [1.807, 2.05) is 6.26 Å². The van der Waals surface area contributed by atoms with E-state index in [1.165, 1.54) is 6.07 Å². The average molecular weight is 200 g/mol. The normalized spacial score (nSPS) is 9.92. The lowest BCUT2D eigenvalue weighted by molar-refractivity contribution is 0.0951. The minimum absolute atomic E-state index is 0.168. The molecule has 0 bridgehead atoms. The van der Waals surface area contributed by atoms with Crippen LogP contribution >= 0.6 is 11.8 Å². The summed E-state index contributed by atoms with van der Waals surface area (Å²) < 4.78 is 0. The van der Waals surface area contributed by atoms with Crippen molar-refractivity contribution in [1.29, 1.82) is 0 Å². The molecule has 1 heterocycles. The van der Waals surface area contributed by atoms with Gasteiger partial charge in [0.05, 0.1) is 0 Å². The highest BCUT2D eigenvalue weighted by Crippen LogP contribution is 1.99. The van der Waals surface area contributed by atoms with E-state index in [2.05, 4.69) is 15.5 Å². The molecule has 0 radical (unpaired) electrons. The number of aromatic nitrogens is 2. The van der Waals surface area contributed by atoms with Crippen LogP contribution in [0, 0.1) is 0 Å². The summed E-state index contributed by atoms with van der Waals surface area (Å²) in [6, 6.07) is 1.51. The highest BCUT2D eigenvalue weighted by Gasteiger charge is 2.06. The number of nitrogens with one attached hydrogen (secondary N) is 2. The van der Waals surface area contributed by atoms with Crippen LogP contribution in [0.4, 0.5) is 5.82 Å². The van der Waals surface area contributed by atoms with Crippen molar-refractivity contribution >= 4 is 23.5 Å². The molecule has 4 N–H and O–H groups in total. The van der Waals surface area contributed by atoms with Crippen molar-refractivity contribution in [3.8, 4) is 0 Å². The van der Waals surface area contributed by atoms with Crippen LogP contribution in [0.15, 0.2) is 6.07 Å². The minimum Gasteiger partial charge on any atom is -0.382 e. The zero-order chi connectivity index (χ0) is 9.68. The van der Waals surface area contributed by atoms with Crippen molar-refractivity contribution in [1.82, 2.24) is 15.5 Å². The molecule has 5 nitrogen and oxygen atoms in total. The van der Waals surface area contributed by atoms with Crippen LogP contribution in [-0.2, 0) is 0 Å². The summed E-state index contributed by atoms with van der Waals surface area (Å²) in [6.45, 7) is 0.652. The number of nitrogens with zero attached hydrogens (tertiary/aromatic N) is 1. The Morgan fingerprint density at radius 1 is 1.85 bits per heavy atom. The smallest absolute Gasteiger partial charge is 0.269 e. The second kappa shape index (κ2) is 4.76. The maximum absolute atomic E-state index is 11.3. The predicted molar refractivity (Wildman–Crippen MR) is 53.7 cm³/mol. The Hall–Kier alpha value is -1.17. The molecular weight excluding hydrogens is 188 g/mol. The first-order chi connectivity index (χ1) is 6.24. The Balaban J connectivity index is 2.40. The molecule has 0 aliphatic rings. The molecule has 13 heavy (non-hydrogen) atoms. The number of hydrogen-bond donors (Lipinski definition) is 3. The number of aromatic amines is 1. The lowest BCUT2D eigenvalue weighted by Gasteiger charge is -2.00. The van der Waals surface area contributed by atoms with Crippen LogP contribution in [0.25, 0.3) is 0 Å². The summed E-state index contributed by atoms with van der Waals surface area (Å²) >= 11 is 1.68. The number of carbonyl (C=O) groups excluding carboxylic acids is 1. The zero-order valence-electron chi connectivity index (χ0n) is 7.33. The fourth-order valence-electron chi connectivity index (χ4n) is 0.815. The topological polar surface area (TPSA) is 83.8 Å². The summed E-state index contributed by atoms with van der Waals surface area (Å²) in [5.74, 6) is 1.06. The molecule has 0 saturated heterocycles. The van der Waals surface area contributed by atoms with Gasteiger partial charge in [-0.3, -0.25) is 9.89 Å². The molecule has 72 valence electrons. The number of nitrogen functional groups attached to an aromatic ring is 1. The second-order valence-electron chi connectivity index (χ2n) is 2.46. The van der Waals surface area contributed by atoms with E-state index < -0.39 is 0 Å². The van der Waals surface area contributed by atoms with E-state index in [-0.39, 0.29) is 5.91 Å². The van der Waals surface area contributed by atoms with Gasteiger partial charge in [-0.15, -0.1) is 0 Å². The van der Waals surface area contributed by atoms with Gasteiger partial charge in [0.15, 0.2) is 0 Å².